The lowest BCUT2D eigenvalue weighted by Crippen LogP contribution is -2.22. The molecule has 0 aliphatic carbocycles. The summed E-state index contributed by atoms with van der Waals surface area (Å²) in [5, 5.41) is 2.52. The third kappa shape index (κ3) is 2.61. The minimum Gasteiger partial charge on any atom is -0.294 e. The molecule has 0 radical (unpaired) electrons. The number of carbonyl (C=O) groups is 1. The van der Waals surface area contributed by atoms with Gasteiger partial charge in [-0.05, 0) is 61.4 Å². The second-order valence-corrected chi connectivity index (χ2v) is 6.76. The van der Waals surface area contributed by atoms with E-state index >= 15 is 0 Å². The molecule has 0 fully saturated rings. The van der Waals surface area contributed by atoms with Gasteiger partial charge in [-0.15, -0.1) is 11.3 Å². The number of Topliss-reactive ketones (excluding diaryl/α,β-unsaturated/α-hetero) is 1. The van der Waals surface area contributed by atoms with E-state index in [2.05, 4.69) is 4.98 Å². The zero-order valence-electron chi connectivity index (χ0n) is 13.6. The second kappa shape index (κ2) is 5.74. The first kappa shape index (κ1) is 15.6. The lowest BCUT2D eigenvalue weighted by Gasteiger charge is -2.16. The Morgan fingerprint density at radius 1 is 1.26 bits per heavy atom. The minimum absolute atomic E-state index is 0.0417. The fourth-order valence-corrected chi connectivity index (χ4v) is 3.91. The fourth-order valence-electron chi connectivity index (χ4n) is 3.19. The van der Waals surface area contributed by atoms with Crippen molar-refractivity contribution in [2.75, 3.05) is 0 Å². The summed E-state index contributed by atoms with van der Waals surface area (Å²) in [6.07, 6.45) is 1.59. The van der Waals surface area contributed by atoms with E-state index in [0.29, 0.717) is 11.9 Å². The van der Waals surface area contributed by atoms with E-state index in [9.17, 15) is 9.59 Å². The smallest absolute Gasteiger partial charge is 0.262 e. The molecular weight excluding hydrogens is 308 g/mol. The molecular formula is C18H18N2O2S. The van der Waals surface area contributed by atoms with Crippen molar-refractivity contribution in [2.24, 2.45) is 0 Å². The Labute approximate surface area is 138 Å². The first-order valence-corrected chi connectivity index (χ1v) is 8.31. The van der Waals surface area contributed by atoms with Crippen LogP contribution in [0.25, 0.3) is 10.2 Å². The van der Waals surface area contributed by atoms with Crippen LogP contribution in [0.15, 0.2) is 28.6 Å². The molecule has 5 heteroatoms. The molecule has 23 heavy (non-hydrogen) atoms. The van der Waals surface area contributed by atoms with Crippen LogP contribution in [0, 0.1) is 20.8 Å². The number of thiophene rings is 1. The number of hydrogen-bond donors (Lipinski definition) is 0. The van der Waals surface area contributed by atoms with Gasteiger partial charge in [0.05, 0.1) is 18.3 Å². The van der Waals surface area contributed by atoms with Gasteiger partial charge in [0.25, 0.3) is 5.56 Å². The second-order valence-electron chi connectivity index (χ2n) is 5.86. The van der Waals surface area contributed by atoms with Crippen LogP contribution in [0.1, 0.15) is 39.5 Å². The monoisotopic (exact) mass is 326 g/mol. The maximum atomic E-state index is 12.6. The molecule has 1 aromatic carbocycles. The molecule has 0 aliphatic rings. The molecule has 118 valence electrons. The van der Waals surface area contributed by atoms with Crippen molar-refractivity contribution in [2.45, 2.75) is 34.2 Å². The number of ketones is 1. The third-order valence-corrected chi connectivity index (χ3v) is 5.08. The number of aromatic nitrogens is 2. The van der Waals surface area contributed by atoms with Crippen LogP contribution in [0.2, 0.25) is 0 Å². The largest absolute Gasteiger partial charge is 0.294 e. The quantitative estimate of drug-likeness (QED) is 0.691. The third-order valence-electron chi connectivity index (χ3n) is 4.26. The highest BCUT2D eigenvalue weighted by Gasteiger charge is 2.15. The van der Waals surface area contributed by atoms with Crippen LogP contribution in [-0.4, -0.2) is 15.3 Å². The molecule has 0 bridgehead atoms. The standard InChI is InChI=1S/C18H18N2O2S/c1-10-7-11(2)16(13(4)21)12(3)15(10)8-20-9-19-17-14(18(20)22)5-6-23-17/h5-7,9H,8H2,1-4H3. The van der Waals surface area contributed by atoms with Gasteiger partial charge >= 0.3 is 0 Å². The van der Waals surface area contributed by atoms with E-state index in [0.717, 1.165) is 32.6 Å². The van der Waals surface area contributed by atoms with Crippen molar-refractivity contribution in [1.82, 2.24) is 9.55 Å². The van der Waals surface area contributed by atoms with Crippen LogP contribution in [-0.2, 0) is 6.54 Å². The van der Waals surface area contributed by atoms with E-state index in [1.807, 2.05) is 38.3 Å². The van der Waals surface area contributed by atoms with Crippen molar-refractivity contribution in [3.63, 3.8) is 0 Å². The first-order chi connectivity index (χ1) is 10.9. The van der Waals surface area contributed by atoms with Crippen molar-refractivity contribution in [1.29, 1.82) is 0 Å². The molecule has 2 aromatic heterocycles. The molecule has 0 amide bonds. The van der Waals surface area contributed by atoms with Gasteiger partial charge in [-0.1, -0.05) is 6.07 Å². The Balaban J connectivity index is 2.15. The van der Waals surface area contributed by atoms with E-state index in [4.69, 9.17) is 0 Å². The number of benzene rings is 1. The van der Waals surface area contributed by atoms with Gasteiger partial charge in [-0.3, -0.25) is 14.2 Å². The predicted octanol–water partition coefficient (Wildman–Crippen LogP) is 3.63. The molecule has 0 spiro atoms. The average molecular weight is 326 g/mol. The Kier molecular flexibility index (Phi) is 3.90. The Hall–Kier alpha value is -2.27. The van der Waals surface area contributed by atoms with Gasteiger partial charge in [0.15, 0.2) is 5.78 Å². The van der Waals surface area contributed by atoms with Crippen molar-refractivity contribution in [3.05, 3.63) is 62.0 Å². The lowest BCUT2D eigenvalue weighted by molar-refractivity contribution is 0.101. The van der Waals surface area contributed by atoms with Crippen LogP contribution in [0.3, 0.4) is 0 Å². The highest BCUT2D eigenvalue weighted by Crippen LogP contribution is 2.24. The van der Waals surface area contributed by atoms with E-state index in [-0.39, 0.29) is 11.3 Å². The Morgan fingerprint density at radius 2 is 2.00 bits per heavy atom. The summed E-state index contributed by atoms with van der Waals surface area (Å²) < 4.78 is 1.61. The summed E-state index contributed by atoms with van der Waals surface area (Å²) >= 11 is 1.46. The predicted molar refractivity (Wildman–Crippen MR) is 93.6 cm³/mol. The number of aryl methyl sites for hydroxylation is 2. The number of carbonyl (C=O) groups excluding carboxylic acids is 1. The van der Waals surface area contributed by atoms with Crippen LogP contribution in [0.4, 0.5) is 0 Å². The van der Waals surface area contributed by atoms with E-state index in [1.54, 1.807) is 17.8 Å². The molecule has 0 saturated carbocycles. The molecule has 4 nitrogen and oxygen atoms in total. The van der Waals surface area contributed by atoms with Gasteiger partial charge in [0.1, 0.15) is 4.83 Å². The van der Waals surface area contributed by atoms with Gasteiger partial charge in [-0.25, -0.2) is 4.98 Å². The molecule has 0 unspecified atom stereocenters. The fraction of sp³-hybridized carbons (Fsp3) is 0.278. The summed E-state index contributed by atoms with van der Waals surface area (Å²) in [7, 11) is 0. The SMILES string of the molecule is CC(=O)c1c(C)cc(C)c(Cn2cnc3sccc3c2=O)c1C. The Morgan fingerprint density at radius 3 is 2.70 bits per heavy atom. The normalized spacial score (nSPS) is 11.1. The molecule has 3 rings (SSSR count). The van der Waals surface area contributed by atoms with Crippen LogP contribution >= 0.6 is 11.3 Å². The van der Waals surface area contributed by atoms with Crippen molar-refractivity contribution < 1.29 is 4.79 Å². The first-order valence-electron chi connectivity index (χ1n) is 7.43. The average Bonchev–Trinajstić information content (AvgIpc) is 2.94. The number of rotatable bonds is 3. The van der Waals surface area contributed by atoms with Gasteiger partial charge in [0, 0.05) is 5.56 Å². The number of hydrogen-bond acceptors (Lipinski definition) is 4. The van der Waals surface area contributed by atoms with Gasteiger partial charge in [0.2, 0.25) is 0 Å². The topological polar surface area (TPSA) is 52.0 Å². The zero-order valence-corrected chi connectivity index (χ0v) is 14.5. The molecule has 3 aromatic rings. The number of nitrogens with zero attached hydrogens (tertiary/aromatic N) is 2. The summed E-state index contributed by atoms with van der Waals surface area (Å²) in [6, 6.07) is 3.82. The van der Waals surface area contributed by atoms with E-state index < -0.39 is 0 Å². The summed E-state index contributed by atoms with van der Waals surface area (Å²) in [6.45, 7) is 7.93. The van der Waals surface area contributed by atoms with Crippen LogP contribution in [0.5, 0.6) is 0 Å². The van der Waals surface area contributed by atoms with E-state index in [1.165, 1.54) is 11.3 Å². The highest BCUT2D eigenvalue weighted by atomic mass is 32.1. The van der Waals surface area contributed by atoms with Crippen molar-refractivity contribution >= 4 is 27.3 Å². The Bertz CT molecular complexity index is 983. The zero-order chi connectivity index (χ0) is 16.7. The summed E-state index contributed by atoms with van der Waals surface area (Å²) in [5.74, 6) is 0.0556. The maximum absolute atomic E-state index is 12.6. The molecule has 0 aliphatic heterocycles. The summed E-state index contributed by atoms with van der Waals surface area (Å²) in [5.41, 5.74) is 4.74. The molecule has 0 atom stereocenters. The maximum Gasteiger partial charge on any atom is 0.262 e. The highest BCUT2D eigenvalue weighted by molar-refractivity contribution is 7.16. The van der Waals surface area contributed by atoms with Gasteiger partial charge < -0.3 is 0 Å². The molecule has 2 heterocycles. The lowest BCUT2D eigenvalue weighted by atomic mass is 9.91. The van der Waals surface area contributed by atoms with Crippen LogP contribution < -0.4 is 5.56 Å². The number of fused-ring (bicyclic) bond motifs is 1. The van der Waals surface area contributed by atoms with Gasteiger partial charge in [-0.2, -0.15) is 0 Å². The summed E-state index contributed by atoms with van der Waals surface area (Å²) in [4.78, 5) is 29.6. The minimum atomic E-state index is -0.0417. The molecule has 0 saturated heterocycles. The molecule has 0 N–H and O–H groups in total. The van der Waals surface area contributed by atoms with Crippen molar-refractivity contribution in [3.8, 4) is 0 Å².